The maximum Gasteiger partial charge on any atom is 0.405 e. The fourth-order valence-corrected chi connectivity index (χ4v) is 1.11. The molecule has 1 heterocycles. The van der Waals surface area contributed by atoms with Crippen molar-refractivity contribution in [2.75, 3.05) is 11.9 Å². The molecule has 100 valence electrons. The molecule has 0 aliphatic rings. The third-order valence-electron chi connectivity index (χ3n) is 1.75. The van der Waals surface area contributed by atoms with Crippen molar-refractivity contribution >= 4 is 23.3 Å². The summed E-state index contributed by atoms with van der Waals surface area (Å²) in [5.74, 6) is -0.674. The van der Waals surface area contributed by atoms with Crippen LogP contribution in [0.1, 0.15) is 6.92 Å². The Kier molecular flexibility index (Phi) is 4.65. The summed E-state index contributed by atoms with van der Waals surface area (Å²) in [5, 5.41) is 11.0. The SMILES string of the molecule is C[C@@H](Nc1cnnc(Cl)n1)C(=O)NCC(F)(F)F. The molecule has 0 saturated carbocycles. The largest absolute Gasteiger partial charge is 0.405 e. The minimum absolute atomic E-state index is 0.136. The molecular weight excluding hydrogens is 275 g/mol. The van der Waals surface area contributed by atoms with Gasteiger partial charge in [0.2, 0.25) is 11.2 Å². The van der Waals surface area contributed by atoms with Crippen molar-refractivity contribution in [3.05, 3.63) is 11.5 Å². The van der Waals surface area contributed by atoms with Crippen LogP contribution in [0, 0.1) is 0 Å². The van der Waals surface area contributed by atoms with Gasteiger partial charge in [-0.1, -0.05) is 0 Å². The molecule has 1 aromatic heterocycles. The van der Waals surface area contributed by atoms with Crippen molar-refractivity contribution in [1.82, 2.24) is 20.5 Å². The molecule has 0 aliphatic heterocycles. The second kappa shape index (κ2) is 5.80. The molecular formula is C8H9ClF3N5O. The molecule has 0 saturated heterocycles. The standard InChI is InChI=1S/C8H9ClF3N5O/c1-4(6(18)13-3-8(10,11)12)15-5-2-14-17-7(9)16-5/h2,4H,3H2,1H3,(H,13,18)(H,15,16,17)/t4-/m1/s1. The monoisotopic (exact) mass is 283 g/mol. The van der Waals surface area contributed by atoms with Gasteiger partial charge in [-0.2, -0.15) is 23.3 Å². The predicted molar refractivity (Wildman–Crippen MR) is 57.0 cm³/mol. The molecule has 1 amide bonds. The number of nitrogens with zero attached hydrogens (tertiary/aromatic N) is 3. The van der Waals surface area contributed by atoms with Crippen LogP contribution in [0.4, 0.5) is 19.0 Å². The highest BCUT2D eigenvalue weighted by Crippen LogP contribution is 2.12. The van der Waals surface area contributed by atoms with Crippen LogP contribution >= 0.6 is 11.6 Å². The summed E-state index contributed by atoms with van der Waals surface area (Å²) >= 11 is 5.45. The highest BCUT2D eigenvalue weighted by molar-refractivity contribution is 6.28. The van der Waals surface area contributed by atoms with Crippen LogP contribution in [0.15, 0.2) is 6.20 Å². The van der Waals surface area contributed by atoms with Crippen LogP contribution in [0.25, 0.3) is 0 Å². The van der Waals surface area contributed by atoms with E-state index in [1.807, 2.05) is 0 Å². The Morgan fingerprint density at radius 1 is 1.56 bits per heavy atom. The van der Waals surface area contributed by atoms with Crippen molar-refractivity contribution in [3.63, 3.8) is 0 Å². The van der Waals surface area contributed by atoms with Gasteiger partial charge in [-0.3, -0.25) is 4.79 Å². The van der Waals surface area contributed by atoms with E-state index in [1.165, 1.54) is 13.1 Å². The van der Waals surface area contributed by atoms with Gasteiger partial charge in [-0.05, 0) is 18.5 Å². The average molecular weight is 284 g/mol. The lowest BCUT2D eigenvalue weighted by atomic mass is 10.3. The Balaban J connectivity index is 2.50. The van der Waals surface area contributed by atoms with Gasteiger partial charge >= 0.3 is 6.18 Å². The van der Waals surface area contributed by atoms with Crippen molar-refractivity contribution in [2.45, 2.75) is 19.1 Å². The molecule has 0 spiro atoms. The number of nitrogens with one attached hydrogen (secondary N) is 2. The maximum atomic E-state index is 11.9. The average Bonchev–Trinajstić information content (AvgIpc) is 2.24. The number of halogens is 4. The smallest absolute Gasteiger partial charge is 0.357 e. The number of carbonyl (C=O) groups excluding carboxylic acids is 1. The van der Waals surface area contributed by atoms with Crippen molar-refractivity contribution in [3.8, 4) is 0 Å². The van der Waals surface area contributed by atoms with E-state index in [2.05, 4.69) is 20.5 Å². The molecule has 1 rings (SSSR count). The summed E-state index contributed by atoms with van der Waals surface area (Å²) in [6.07, 6.45) is -3.26. The lowest BCUT2D eigenvalue weighted by Gasteiger charge is -2.15. The molecule has 0 aliphatic carbocycles. The van der Waals surface area contributed by atoms with Gasteiger partial charge in [0, 0.05) is 0 Å². The zero-order valence-corrected chi connectivity index (χ0v) is 9.88. The van der Waals surface area contributed by atoms with Crippen LogP contribution in [0.2, 0.25) is 5.28 Å². The van der Waals surface area contributed by atoms with Crippen LogP contribution in [0.5, 0.6) is 0 Å². The van der Waals surface area contributed by atoms with E-state index >= 15 is 0 Å². The molecule has 2 N–H and O–H groups in total. The number of carbonyl (C=O) groups is 1. The van der Waals surface area contributed by atoms with E-state index in [1.54, 1.807) is 5.32 Å². The third-order valence-corrected chi connectivity index (χ3v) is 1.91. The Labute approximate surface area is 105 Å². The fraction of sp³-hybridized carbons (Fsp3) is 0.500. The Morgan fingerprint density at radius 2 is 2.22 bits per heavy atom. The summed E-state index contributed by atoms with van der Waals surface area (Å²) in [5.41, 5.74) is 0. The molecule has 10 heteroatoms. The van der Waals surface area contributed by atoms with Crippen LogP contribution < -0.4 is 10.6 Å². The van der Waals surface area contributed by atoms with Gasteiger partial charge in [-0.15, -0.1) is 5.10 Å². The van der Waals surface area contributed by atoms with Gasteiger partial charge in [0.05, 0.1) is 6.20 Å². The zero-order chi connectivity index (χ0) is 13.8. The number of rotatable bonds is 4. The van der Waals surface area contributed by atoms with Crippen LogP contribution in [-0.2, 0) is 4.79 Å². The van der Waals surface area contributed by atoms with Gasteiger partial charge in [-0.25, -0.2) is 0 Å². The molecule has 0 radical (unpaired) electrons. The molecule has 1 atom stereocenters. The van der Waals surface area contributed by atoms with E-state index in [-0.39, 0.29) is 11.1 Å². The van der Waals surface area contributed by atoms with Crippen LogP contribution in [-0.4, -0.2) is 39.9 Å². The topological polar surface area (TPSA) is 79.8 Å². The molecule has 0 bridgehead atoms. The first-order chi connectivity index (χ1) is 8.28. The van der Waals surface area contributed by atoms with Crippen molar-refractivity contribution in [2.24, 2.45) is 0 Å². The summed E-state index contributed by atoms with van der Waals surface area (Å²) in [7, 11) is 0. The first-order valence-electron chi connectivity index (χ1n) is 4.74. The molecule has 6 nitrogen and oxygen atoms in total. The fourth-order valence-electron chi connectivity index (χ4n) is 0.979. The molecule has 0 unspecified atom stereocenters. The number of hydrogen-bond donors (Lipinski definition) is 2. The summed E-state index contributed by atoms with van der Waals surface area (Å²) in [6, 6.07) is -0.917. The minimum Gasteiger partial charge on any atom is -0.357 e. The van der Waals surface area contributed by atoms with Crippen molar-refractivity contribution < 1.29 is 18.0 Å². The van der Waals surface area contributed by atoms with Gasteiger partial charge < -0.3 is 10.6 Å². The second-order valence-electron chi connectivity index (χ2n) is 3.31. The second-order valence-corrected chi connectivity index (χ2v) is 3.65. The first-order valence-corrected chi connectivity index (χ1v) is 5.12. The summed E-state index contributed by atoms with van der Waals surface area (Å²) in [6.45, 7) is -0.0116. The van der Waals surface area contributed by atoms with Gasteiger partial charge in [0.1, 0.15) is 12.6 Å². The maximum absolute atomic E-state index is 11.9. The lowest BCUT2D eigenvalue weighted by molar-refractivity contribution is -0.138. The third kappa shape index (κ3) is 5.13. The summed E-state index contributed by atoms with van der Waals surface area (Å²) < 4.78 is 35.6. The van der Waals surface area contributed by atoms with Gasteiger partial charge in [0.15, 0.2) is 5.82 Å². The van der Waals surface area contributed by atoms with Gasteiger partial charge in [0.25, 0.3) is 0 Å². The van der Waals surface area contributed by atoms with E-state index in [9.17, 15) is 18.0 Å². The number of aromatic nitrogens is 3. The van der Waals surface area contributed by atoms with Crippen LogP contribution in [0.3, 0.4) is 0 Å². The Bertz CT molecular complexity index is 427. The quantitative estimate of drug-likeness (QED) is 0.862. The number of hydrogen-bond acceptors (Lipinski definition) is 5. The number of alkyl halides is 3. The zero-order valence-electron chi connectivity index (χ0n) is 9.12. The van der Waals surface area contributed by atoms with E-state index in [0.717, 1.165) is 0 Å². The normalized spacial score (nSPS) is 12.9. The minimum atomic E-state index is -4.45. The Hall–Kier alpha value is -1.64. The molecule has 1 aromatic rings. The molecule has 18 heavy (non-hydrogen) atoms. The van der Waals surface area contributed by atoms with E-state index < -0.39 is 24.7 Å². The molecule has 0 aromatic carbocycles. The molecule has 0 fully saturated rings. The lowest BCUT2D eigenvalue weighted by Crippen LogP contribution is -2.42. The summed E-state index contributed by atoms with van der Waals surface area (Å²) in [4.78, 5) is 15.0. The number of anilines is 1. The van der Waals surface area contributed by atoms with Crippen molar-refractivity contribution in [1.29, 1.82) is 0 Å². The highest BCUT2D eigenvalue weighted by Gasteiger charge is 2.28. The highest BCUT2D eigenvalue weighted by atomic mass is 35.5. The van der Waals surface area contributed by atoms with E-state index in [0.29, 0.717) is 0 Å². The Morgan fingerprint density at radius 3 is 2.78 bits per heavy atom. The first kappa shape index (κ1) is 14.4. The van der Waals surface area contributed by atoms with E-state index in [4.69, 9.17) is 11.6 Å². The number of amides is 1. The predicted octanol–water partition coefficient (Wildman–Crippen LogP) is 1.00.